The van der Waals surface area contributed by atoms with Gasteiger partial charge in [-0.15, -0.1) is 0 Å². The molecule has 0 aromatic heterocycles. The van der Waals surface area contributed by atoms with Crippen LogP contribution in [0.25, 0.3) is 0 Å². The van der Waals surface area contributed by atoms with E-state index in [-0.39, 0.29) is 41.0 Å². The molecule has 1 amide bonds. The molecule has 2 aromatic carbocycles. The minimum Gasteiger partial charge on any atom is -0.490 e. The molecule has 1 aliphatic rings. The number of sulfonamides is 1. The van der Waals surface area contributed by atoms with Crippen LogP contribution in [-0.2, 0) is 29.0 Å². The molecule has 31 heavy (non-hydrogen) atoms. The number of fused-ring (bicyclic) bond motifs is 1. The average molecular weight is 451 g/mol. The van der Waals surface area contributed by atoms with Crippen LogP contribution in [0.5, 0.6) is 5.75 Å². The molecule has 166 valence electrons. The molecule has 0 saturated heterocycles. The Morgan fingerprint density at radius 2 is 1.87 bits per heavy atom. The number of nitrogens with one attached hydrogen (secondary N) is 1. The smallest absolute Gasteiger partial charge is 0.291 e. The summed E-state index contributed by atoms with van der Waals surface area (Å²) in [4.78, 5) is 14.7. The van der Waals surface area contributed by atoms with E-state index in [0.717, 1.165) is 5.56 Å². The van der Waals surface area contributed by atoms with Crippen LogP contribution in [0.2, 0.25) is 0 Å². The molecule has 0 aliphatic carbocycles. The second kappa shape index (κ2) is 8.39. The maximum Gasteiger partial charge on any atom is 0.291 e. The Hall–Kier alpha value is -2.78. The van der Waals surface area contributed by atoms with Crippen molar-refractivity contribution < 1.29 is 26.7 Å². The SMILES string of the molecule is C=CC(F)(F)c1ccc2c(c1)CN(C(=O)c1cc(S(=O)(=O)NC)ccc1OC(C)C)C2. The highest BCUT2D eigenvalue weighted by Crippen LogP contribution is 2.34. The summed E-state index contributed by atoms with van der Waals surface area (Å²) in [5, 5.41) is 0. The van der Waals surface area contributed by atoms with Crippen molar-refractivity contribution in [3.63, 3.8) is 0 Å². The number of allylic oxidation sites excluding steroid dienone is 1. The number of ether oxygens (including phenoxy) is 1. The fourth-order valence-electron chi connectivity index (χ4n) is 3.35. The molecule has 0 bridgehead atoms. The van der Waals surface area contributed by atoms with Gasteiger partial charge in [0, 0.05) is 18.7 Å². The normalized spacial score (nSPS) is 13.9. The zero-order valence-corrected chi connectivity index (χ0v) is 18.3. The molecule has 3 rings (SSSR count). The number of hydrogen-bond donors (Lipinski definition) is 1. The predicted octanol–water partition coefficient (Wildman–Crippen LogP) is 3.82. The van der Waals surface area contributed by atoms with Crippen LogP contribution >= 0.6 is 0 Å². The highest BCUT2D eigenvalue weighted by atomic mass is 32.2. The number of hydrogen-bond acceptors (Lipinski definition) is 4. The van der Waals surface area contributed by atoms with E-state index in [2.05, 4.69) is 11.3 Å². The fourth-order valence-corrected chi connectivity index (χ4v) is 4.11. The maximum absolute atomic E-state index is 14.0. The molecule has 1 aliphatic heterocycles. The van der Waals surface area contributed by atoms with Crippen LogP contribution in [-0.4, -0.2) is 32.4 Å². The molecular weight excluding hydrogens is 426 g/mol. The van der Waals surface area contributed by atoms with Crippen molar-refractivity contribution in [1.29, 1.82) is 0 Å². The average Bonchev–Trinajstić information content (AvgIpc) is 3.16. The van der Waals surface area contributed by atoms with Crippen molar-refractivity contribution in [1.82, 2.24) is 9.62 Å². The second-order valence-electron chi connectivity index (χ2n) is 7.50. The third kappa shape index (κ3) is 4.62. The van der Waals surface area contributed by atoms with Gasteiger partial charge in [-0.05, 0) is 62.4 Å². The maximum atomic E-state index is 14.0. The number of halogens is 2. The number of carbonyl (C=O) groups excluding carboxylic acids is 1. The lowest BCUT2D eigenvalue weighted by atomic mass is 10.0. The van der Waals surface area contributed by atoms with Gasteiger partial charge in [0.25, 0.3) is 11.8 Å². The van der Waals surface area contributed by atoms with Crippen LogP contribution in [0, 0.1) is 0 Å². The summed E-state index contributed by atoms with van der Waals surface area (Å²) in [6.45, 7) is 7.10. The van der Waals surface area contributed by atoms with Gasteiger partial charge in [-0.2, -0.15) is 8.78 Å². The number of amides is 1. The zero-order valence-electron chi connectivity index (χ0n) is 17.5. The van der Waals surface area contributed by atoms with Gasteiger partial charge in [0.1, 0.15) is 5.75 Å². The van der Waals surface area contributed by atoms with Gasteiger partial charge in [-0.3, -0.25) is 4.79 Å². The molecule has 0 spiro atoms. The van der Waals surface area contributed by atoms with Crippen LogP contribution in [0.1, 0.15) is 40.9 Å². The summed E-state index contributed by atoms with van der Waals surface area (Å²) in [5.74, 6) is -3.36. The van der Waals surface area contributed by atoms with Crippen molar-refractivity contribution in [2.75, 3.05) is 7.05 Å². The Kier molecular flexibility index (Phi) is 6.20. The summed E-state index contributed by atoms with van der Waals surface area (Å²) >= 11 is 0. The second-order valence-corrected chi connectivity index (χ2v) is 9.39. The lowest BCUT2D eigenvalue weighted by Gasteiger charge is -2.20. The molecule has 2 aromatic rings. The third-order valence-electron chi connectivity index (χ3n) is 4.98. The van der Waals surface area contributed by atoms with E-state index in [0.29, 0.717) is 11.6 Å². The van der Waals surface area contributed by atoms with E-state index in [1.807, 2.05) is 0 Å². The lowest BCUT2D eigenvalue weighted by Crippen LogP contribution is -2.27. The van der Waals surface area contributed by atoms with E-state index in [9.17, 15) is 22.0 Å². The van der Waals surface area contributed by atoms with Crippen molar-refractivity contribution >= 4 is 15.9 Å². The highest BCUT2D eigenvalue weighted by Gasteiger charge is 2.32. The number of carbonyl (C=O) groups is 1. The molecule has 6 nitrogen and oxygen atoms in total. The fraction of sp³-hybridized carbons (Fsp3) is 0.318. The molecule has 0 fully saturated rings. The molecule has 0 unspecified atom stereocenters. The van der Waals surface area contributed by atoms with Crippen molar-refractivity contribution in [3.05, 3.63) is 71.3 Å². The summed E-state index contributed by atoms with van der Waals surface area (Å²) in [7, 11) is -2.49. The van der Waals surface area contributed by atoms with Gasteiger partial charge in [0.2, 0.25) is 10.0 Å². The zero-order chi connectivity index (χ0) is 23.0. The first kappa shape index (κ1) is 22.9. The van der Waals surface area contributed by atoms with Gasteiger partial charge in [-0.1, -0.05) is 18.7 Å². The number of benzene rings is 2. The first-order valence-corrected chi connectivity index (χ1v) is 11.1. The summed E-state index contributed by atoms with van der Waals surface area (Å²) < 4.78 is 60.3. The number of alkyl halides is 2. The van der Waals surface area contributed by atoms with Gasteiger partial charge in [-0.25, -0.2) is 13.1 Å². The monoisotopic (exact) mass is 450 g/mol. The molecule has 0 atom stereocenters. The van der Waals surface area contributed by atoms with Crippen LogP contribution in [0.4, 0.5) is 8.78 Å². The molecule has 0 radical (unpaired) electrons. The quantitative estimate of drug-likeness (QED) is 0.651. The Morgan fingerprint density at radius 3 is 2.48 bits per heavy atom. The van der Waals surface area contributed by atoms with E-state index < -0.39 is 21.9 Å². The largest absolute Gasteiger partial charge is 0.490 e. The Balaban J connectivity index is 1.96. The van der Waals surface area contributed by atoms with E-state index >= 15 is 0 Å². The van der Waals surface area contributed by atoms with Gasteiger partial charge in [0.15, 0.2) is 0 Å². The molecule has 1 heterocycles. The van der Waals surface area contributed by atoms with Gasteiger partial charge >= 0.3 is 0 Å². The van der Waals surface area contributed by atoms with Crippen molar-refractivity contribution in [2.24, 2.45) is 0 Å². The highest BCUT2D eigenvalue weighted by molar-refractivity contribution is 7.89. The number of rotatable bonds is 7. The minimum atomic E-state index is -3.77. The standard InChI is InChI=1S/C22H24F2N2O4S/c1-5-22(23,24)17-7-6-15-12-26(13-16(15)10-17)21(27)19-11-18(31(28,29)25-4)8-9-20(19)30-14(2)3/h5-11,14,25H,1,12-13H2,2-4H3. The summed E-state index contributed by atoms with van der Waals surface area (Å²) in [5.41, 5.74) is 1.26. The Labute approximate surface area is 180 Å². The third-order valence-corrected chi connectivity index (χ3v) is 6.39. The first-order valence-electron chi connectivity index (χ1n) is 9.65. The predicted molar refractivity (Wildman–Crippen MR) is 113 cm³/mol. The minimum absolute atomic E-state index is 0.0703. The lowest BCUT2D eigenvalue weighted by molar-refractivity contribution is 0.0524. The number of nitrogens with zero attached hydrogens (tertiary/aromatic N) is 1. The topological polar surface area (TPSA) is 75.7 Å². The molecule has 0 saturated carbocycles. The Bertz CT molecular complexity index is 1130. The Morgan fingerprint density at radius 1 is 1.19 bits per heavy atom. The van der Waals surface area contributed by atoms with Crippen LogP contribution in [0.3, 0.4) is 0 Å². The van der Waals surface area contributed by atoms with Crippen molar-refractivity contribution in [2.45, 2.75) is 43.9 Å². The first-order chi connectivity index (χ1) is 14.5. The van der Waals surface area contributed by atoms with Crippen molar-refractivity contribution in [3.8, 4) is 5.75 Å². The van der Waals surface area contributed by atoms with Crippen LogP contribution in [0.15, 0.2) is 53.9 Å². The van der Waals surface area contributed by atoms with E-state index in [1.54, 1.807) is 19.9 Å². The summed E-state index contributed by atoms with van der Waals surface area (Å²) in [6, 6.07) is 8.35. The summed E-state index contributed by atoms with van der Waals surface area (Å²) in [6.07, 6.45) is 0.341. The van der Waals surface area contributed by atoms with Crippen LogP contribution < -0.4 is 9.46 Å². The molecule has 1 N–H and O–H groups in total. The van der Waals surface area contributed by atoms with Gasteiger partial charge in [0.05, 0.1) is 16.6 Å². The molecular formula is C22H24F2N2O4S. The van der Waals surface area contributed by atoms with E-state index in [1.165, 1.54) is 42.3 Å². The van der Waals surface area contributed by atoms with Gasteiger partial charge < -0.3 is 9.64 Å². The van der Waals surface area contributed by atoms with E-state index in [4.69, 9.17) is 4.74 Å². The molecule has 9 heteroatoms.